The van der Waals surface area contributed by atoms with Crippen molar-refractivity contribution in [3.8, 4) is 5.75 Å². The van der Waals surface area contributed by atoms with Crippen LogP contribution < -0.4 is 15.5 Å². The number of ether oxygens (including phenoxy) is 1. The molecular formula is C24H24FN3O3. The molecule has 0 saturated heterocycles. The molecule has 0 bridgehead atoms. The first-order chi connectivity index (χ1) is 15.0. The first kappa shape index (κ1) is 22.0. The molecule has 3 aromatic carbocycles. The predicted octanol–water partition coefficient (Wildman–Crippen LogP) is 3.92. The monoisotopic (exact) mass is 421 g/mol. The van der Waals surface area contributed by atoms with E-state index in [0.29, 0.717) is 23.3 Å². The van der Waals surface area contributed by atoms with Crippen molar-refractivity contribution in [2.45, 2.75) is 32.9 Å². The number of halogens is 1. The van der Waals surface area contributed by atoms with Crippen LogP contribution in [-0.2, 0) is 16.2 Å². The maximum Gasteiger partial charge on any atom is 0.329 e. The van der Waals surface area contributed by atoms with Crippen LogP contribution in [0.4, 0.5) is 4.39 Å². The minimum Gasteiger partial charge on any atom is -0.488 e. The molecule has 3 rings (SSSR count). The largest absolute Gasteiger partial charge is 0.488 e. The van der Waals surface area contributed by atoms with E-state index in [1.165, 1.54) is 12.3 Å². The number of rotatable bonds is 7. The summed E-state index contributed by atoms with van der Waals surface area (Å²) < 4.78 is 19.8. The van der Waals surface area contributed by atoms with Gasteiger partial charge < -0.3 is 10.1 Å². The Bertz CT molecular complexity index is 1110. The predicted molar refractivity (Wildman–Crippen MR) is 118 cm³/mol. The number of hydrogen-bond donors (Lipinski definition) is 2. The molecule has 0 unspecified atom stereocenters. The molecule has 0 spiro atoms. The molecule has 0 radical (unpaired) electrons. The lowest BCUT2D eigenvalue weighted by Crippen LogP contribution is -2.41. The van der Waals surface area contributed by atoms with Gasteiger partial charge in [0.25, 0.3) is 0 Å². The van der Waals surface area contributed by atoms with Gasteiger partial charge in [-0.15, -0.1) is 0 Å². The highest BCUT2D eigenvalue weighted by atomic mass is 19.1. The Kier molecular flexibility index (Phi) is 7.32. The molecule has 160 valence electrons. The molecule has 31 heavy (non-hydrogen) atoms. The molecule has 2 amide bonds. The highest BCUT2D eigenvalue weighted by Gasteiger charge is 2.15. The number of fused-ring (bicyclic) bond motifs is 1. The van der Waals surface area contributed by atoms with E-state index in [4.69, 9.17) is 4.74 Å². The van der Waals surface area contributed by atoms with Gasteiger partial charge >= 0.3 is 11.8 Å². The van der Waals surface area contributed by atoms with Crippen LogP contribution in [0, 0.1) is 5.82 Å². The summed E-state index contributed by atoms with van der Waals surface area (Å²) in [7, 11) is 0. The first-order valence-electron chi connectivity index (χ1n) is 10.0. The molecule has 0 saturated carbocycles. The van der Waals surface area contributed by atoms with Gasteiger partial charge in [-0.3, -0.25) is 9.59 Å². The van der Waals surface area contributed by atoms with Crippen molar-refractivity contribution in [2.75, 3.05) is 0 Å². The summed E-state index contributed by atoms with van der Waals surface area (Å²) in [5.74, 6) is -1.48. The van der Waals surface area contributed by atoms with Gasteiger partial charge in [-0.05, 0) is 36.2 Å². The van der Waals surface area contributed by atoms with Crippen LogP contribution in [0.25, 0.3) is 10.8 Å². The topological polar surface area (TPSA) is 79.8 Å². The van der Waals surface area contributed by atoms with E-state index < -0.39 is 11.8 Å². The number of carbonyl (C=O) groups is 2. The summed E-state index contributed by atoms with van der Waals surface area (Å²) in [5, 5.41) is 8.31. The molecule has 2 N–H and O–H groups in total. The van der Waals surface area contributed by atoms with Crippen LogP contribution in [0.15, 0.2) is 65.8 Å². The second kappa shape index (κ2) is 10.3. The second-order valence-electron chi connectivity index (χ2n) is 7.06. The lowest BCUT2D eigenvalue weighted by molar-refractivity contribution is -0.139. The summed E-state index contributed by atoms with van der Waals surface area (Å²) in [6, 6.07) is 17.5. The molecule has 0 aromatic heterocycles. The molecule has 3 aromatic rings. The van der Waals surface area contributed by atoms with Crippen LogP contribution in [0.1, 0.15) is 31.4 Å². The number of hydrogen-bond acceptors (Lipinski definition) is 4. The lowest BCUT2D eigenvalue weighted by Gasteiger charge is -2.12. The number of carbonyl (C=O) groups excluding carboxylic acids is 2. The van der Waals surface area contributed by atoms with Gasteiger partial charge in [0.1, 0.15) is 18.2 Å². The summed E-state index contributed by atoms with van der Waals surface area (Å²) in [6.45, 7) is 3.75. The van der Waals surface area contributed by atoms with Crippen molar-refractivity contribution in [1.29, 1.82) is 0 Å². The fourth-order valence-electron chi connectivity index (χ4n) is 2.90. The minimum absolute atomic E-state index is 0.0372. The highest BCUT2D eigenvalue weighted by molar-refractivity contribution is 6.35. The molecule has 0 aliphatic heterocycles. The number of nitrogens with one attached hydrogen (secondary N) is 2. The van der Waals surface area contributed by atoms with Crippen LogP contribution in [-0.4, -0.2) is 24.1 Å². The quantitative estimate of drug-likeness (QED) is 0.345. The fraction of sp³-hybridized carbons (Fsp3) is 0.208. The van der Waals surface area contributed by atoms with Crippen molar-refractivity contribution in [3.05, 3.63) is 77.6 Å². The lowest BCUT2D eigenvalue weighted by atomic mass is 10.0. The average molecular weight is 421 g/mol. The van der Waals surface area contributed by atoms with Gasteiger partial charge in [-0.1, -0.05) is 55.5 Å². The number of benzene rings is 3. The number of nitrogens with zero attached hydrogens (tertiary/aromatic N) is 1. The van der Waals surface area contributed by atoms with Crippen molar-refractivity contribution in [2.24, 2.45) is 5.10 Å². The second-order valence-corrected chi connectivity index (χ2v) is 7.06. The molecule has 0 aliphatic carbocycles. The summed E-state index contributed by atoms with van der Waals surface area (Å²) >= 11 is 0. The van der Waals surface area contributed by atoms with Crippen molar-refractivity contribution in [1.82, 2.24) is 10.7 Å². The van der Waals surface area contributed by atoms with Gasteiger partial charge in [0.15, 0.2) is 0 Å². The maximum absolute atomic E-state index is 13.9. The Morgan fingerprint density at radius 2 is 1.81 bits per heavy atom. The average Bonchev–Trinajstić information content (AvgIpc) is 2.78. The fourth-order valence-corrected chi connectivity index (χ4v) is 2.90. The SMILES string of the molecule is CC[C@@H](C)NC(=O)C(=O)N/N=C\c1c(OCc2ccccc2F)ccc2ccccc12. The molecule has 0 fully saturated rings. The molecule has 6 nitrogen and oxygen atoms in total. The minimum atomic E-state index is -0.856. The molecular weight excluding hydrogens is 397 g/mol. The van der Waals surface area contributed by atoms with Gasteiger partial charge in [-0.2, -0.15) is 5.10 Å². The summed E-state index contributed by atoms with van der Waals surface area (Å²) in [6.07, 6.45) is 2.13. The zero-order valence-corrected chi connectivity index (χ0v) is 17.4. The standard InChI is InChI=1S/C24H24FN3O3/c1-3-16(2)27-23(29)24(30)28-26-14-20-19-10-6-4-8-17(19)12-13-22(20)31-15-18-9-5-7-11-21(18)25/h4-14,16H,3,15H2,1-2H3,(H,27,29)(H,28,30)/b26-14-/t16-/m1/s1. The number of hydrazone groups is 1. The Balaban J connectivity index is 1.81. The van der Waals surface area contributed by atoms with Gasteiger partial charge in [0, 0.05) is 17.2 Å². The highest BCUT2D eigenvalue weighted by Crippen LogP contribution is 2.27. The molecule has 0 aliphatic rings. The zero-order valence-electron chi connectivity index (χ0n) is 17.4. The van der Waals surface area contributed by atoms with E-state index in [1.807, 2.05) is 44.2 Å². The van der Waals surface area contributed by atoms with E-state index in [9.17, 15) is 14.0 Å². The van der Waals surface area contributed by atoms with Crippen LogP contribution in [0.2, 0.25) is 0 Å². The van der Waals surface area contributed by atoms with Crippen molar-refractivity contribution >= 4 is 28.8 Å². The Labute approximate surface area is 180 Å². The summed E-state index contributed by atoms with van der Waals surface area (Å²) in [5.41, 5.74) is 3.27. The molecule has 1 atom stereocenters. The zero-order chi connectivity index (χ0) is 22.2. The van der Waals surface area contributed by atoms with E-state index in [0.717, 1.165) is 10.8 Å². The summed E-state index contributed by atoms with van der Waals surface area (Å²) in [4.78, 5) is 23.8. The third-order valence-electron chi connectivity index (χ3n) is 4.83. The maximum atomic E-state index is 13.9. The van der Waals surface area contributed by atoms with E-state index in [1.54, 1.807) is 24.3 Å². The van der Waals surface area contributed by atoms with Gasteiger partial charge in [0.2, 0.25) is 0 Å². The van der Waals surface area contributed by atoms with Crippen molar-refractivity contribution in [3.63, 3.8) is 0 Å². The van der Waals surface area contributed by atoms with Crippen molar-refractivity contribution < 1.29 is 18.7 Å². The Morgan fingerprint density at radius 1 is 1.06 bits per heavy atom. The third kappa shape index (κ3) is 5.66. The van der Waals surface area contributed by atoms with E-state index >= 15 is 0 Å². The van der Waals surface area contributed by atoms with E-state index in [-0.39, 0.29) is 18.5 Å². The van der Waals surface area contributed by atoms with E-state index in [2.05, 4.69) is 15.8 Å². The molecule has 7 heteroatoms. The molecule has 0 heterocycles. The normalized spacial score (nSPS) is 12.0. The van der Waals surface area contributed by atoms with Crippen LogP contribution >= 0.6 is 0 Å². The number of amides is 2. The Hall–Kier alpha value is -3.74. The van der Waals surface area contributed by atoms with Crippen LogP contribution in [0.5, 0.6) is 5.75 Å². The smallest absolute Gasteiger partial charge is 0.329 e. The van der Waals surface area contributed by atoms with Crippen LogP contribution in [0.3, 0.4) is 0 Å². The first-order valence-corrected chi connectivity index (χ1v) is 10.0. The van der Waals surface area contributed by atoms with Gasteiger partial charge in [-0.25, -0.2) is 9.82 Å². The van der Waals surface area contributed by atoms with Gasteiger partial charge in [0.05, 0.1) is 6.21 Å². The Morgan fingerprint density at radius 3 is 2.58 bits per heavy atom. The third-order valence-corrected chi connectivity index (χ3v) is 4.83.